The molecule has 46 heavy (non-hydrogen) atoms. The van der Waals surface area contributed by atoms with E-state index in [-0.39, 0.29) is 12.1 Å². The summed E-state index contributed by atoms with van der Waals surface area (Å²) in [7, 11) is 6.32. The predicted octanol–water partition coefficient (Wildman–Crippen LogP) is 7.84. The number of nitrogens with zero attached hydrogens (tertiary/aromatic N) is 4. The second-order valence-electron chi connectivity index (χ2n) is 14.1. The molecule has 7 nitrogen and oxygen atoms in total. The number of hydrogen-bond donors (Lipinski definition) is 3. The number of hydrogen-bond acceptors (Lipinski definition) is 6. The maximum absolute atomic E-state index is 4.89. The third-order valence-corrected chi connectivity index (χ3v) is 9.72. The highest BCUT2D eigenvalue weighted by atomic mass is 15.3. The van der Waals surface area contributed by atoms with Crippen LogP contribution in [0.3, 0.4) is 0 Å². The molecule has 248 valence electrons. The van der Waals surface area contributed by atoms with Gasteiger partial charge < -0.3 is 25.4 Å². The van der Waals surface area contributed by atoms with E-state index in [2.05, 4.69) is 148 Å². The third-order valence-electron chi connectivity index (χ3n) is 9.72. The predicted molar refractivity (Wildman–Crippen MR) is 197 cm³/mol. The van der Waals surface area contributed by atoms with Gasteiger partial charge in [-0.3, -0.25) is 4.99 Å². The first-order chi connectivity index (χ1) is 21.9. The molecule has 0 amide bonds. The van der Waals surface area contributed by atoms with Crippen LogP contribution in [0.4, 0.5) is 0 Å². The van der Waals surface area contributed by atoms with Crippen molar-refractivity contribution in [2.45, 2.75) is 78.6 Å². The monoisotopic (exact) mass is 623 g/mol. The Morgan fingerprint density at radius 3 is 2.20 bits per heavy atom. The van der Waals surface area contributed by atoms with Crippen molar-refractivity contribution in [3.8, 4) is 22.4 Å². The fraction of sp³-hybridized carbons (Fsp3) is 0.487. The van der Waals surface area contributed by atoms with Gasteiger partial charge in [0.2, 0.25) is 0 Å². The normalized spacial score (nSPS) is 20.0. The van der Waals surface area contributed by atoms with E-state index in [0.29, 0.717) is 29.8 Å². The van der Waals surface area contributed by atoms with Gasteiger partial charge >= 0.3 is 0 Å². The Kier molecular flexibility index (Phi) is 12.0. The zero-order valence-corrected chi connectivity index (χ0v) is 29.6. The zero-order chi connectivity index (χ0) is 33.5. The minimum Gasteiger partial charge on any atom is -0.382 e. The fourth-order valence-electron chi connectivity index (χ4n) is 6.87. The summed E-state index contributed by atoms with van der Waals surface area (Å²) >= 11 is 0. The van der Waals surface area contributed by atoms with E-state index in [0.717, 1.165) is 53.4 Å². The molecule has 3 aromatic rings. The lowest BCUT2D eigenvalue weighted by atomic mass is 9.99. The lowest BCUT2D eigenvalue weighted by molar-refractivity contribution is 0.216. The van der Waals surface area contributed by atoms with Crippen LogP contribution in [-0.2, 0) is 0 Å². The van der Waals surface area contributed by atoms with Gasteiger partial charge in [0.1, 0.15) is 5.82 Å². The molecule has 1 saturated heterocycles. The van der Waals surface area contributed by atoms with Gasteiger partial charge in [0.15, 0.2) is 0 Å². The lowest BCUT2D eigenvalue weighted by Gasteiger charge is -2.37. The Morgan fingerprint density at radius 2 is 1.65 bits per heavy atom. The molecule has 0 saturated carbocycles. The number of benzene rings is 2. The van der Waals surface area contributed by atoms with E-state index in [9.17, 15) is 0 Å². The van der Waals surface area contributed by atoms with Crippen LogP contribution >= 0.6 is 0 Å². The smallest absolute Gasteiger partial charge is 0.129 e. The second kappa shape index (κ2) is 15.7. The Labute approximate surface area is 278 Å². The molecular weight excluding hydrogens is 566 g/mol. The number of aromatic amines is 1. The maximum atomic E-state index is 4.89. The van der Waals surface area contributed by atoms with Crippen LogP contribution in [0.5, 0.6) is 0 Å². The summed E-state index contributed by atoms with van der Waals surface area (Å²) in [6, 6.07) is 18.7. The minimum atomic E-state index is 0.187. The summed E-state index contributed by atoms with van der Waals surface area (Å²) in [5.41, 5.74) is 7.74. The highest BCUT2D eigenvalue weighted by Gasteiger charge is 2.40. The standard InChI is InChI=1S/C39H57N7/c1-25(2)20-34(45(10)11)22-42-35(23-40-8)32-16-12-30(13-17-32)31-14-18-33(19-15-31)36-24-43-39(44-36)37-21-27(5)28(6)46(37)29(7)38(41-9)26(3)4/h12-19,23-28,34,37-38,41-42H,7-8,20-22H2,1-6,9-11H3,(H,43,44)/b35-23-/t27-,28+,34+,37?,38?/m1/s1. The Morgan fingerprint density at radius 1 is 1.04 bits per heavy atom. The average Bonchev–Trinajstić information content (AvgIpc) is 3.63. The zero-order valence-electron chi connectivity index (χ0n) is 29.6. The van der Waals surface area contributed by atoms with Crippen LogP contribution in [0.1, 0.15) is 71.8 Å². The number of nitrogens with one attached hydrogen (secondary N) is 3. The Bertz CT molecular complexity index is 1450. The van der Waals surface area contributed by atoms with E-state index in [1.165, 1.54) is 11.1 Å². The van der Waals surface area contributed by atoms with Crippen molar-refractivity contribution >= 4 is 12.4 Å². The van der Waals surface area contributed by atoms with Gasteiger partial charge in [0.25, 0.3) is 0 Å². The van der Waals surface area contributed by atoms with Gasteiger partial charge in [0, 0.05) is 36.6 Å². The van der Waals surface area contributed by atoms with Gasteiger partial charge in [-0.1, -0.05) is 89.7 Å². The van der Waals surface area contributed by atoms with Crippen molar-refractivity contribution in [1.82, 2.24) is 30.4 Å². The van der Waals surface area contributed by atoms with Crippen LogP contribution in [0, 0.1) is 17.8 Å². The molecule has 1 aliphatic rings. The van der Waals surface area contributed by atoms with Crippen LogP contribution in [0.25, 0.3) is 28.1 Å². The van der Waals surface area contributed by atoms with E-state index in [1.54, 1.807) is 0 Å². The van der Waals surface area contributed by atoms with E-state index in [1.807, 2.05) is 19.4 Å². The number of rotatable bonds is 15. The van der Waals surface area contributed by atoms with Crippen LogP contribution in [0.15, 0.2) is 78.2 Å². The molecule has 7 heteroatoms. The Hall–Kier alpha value is -3.68. The van der Waals surface area contributed by atoms with Crippen LogP contribution in [-0.4, -0.2) is 72.3 Å². The van der Waals surface area contributed by atoms with Crippen molar-refractivity contribution < 1.29 is 0 Å². The SMILES string of the molecule is C=N/C=C(\NC[C@H](CC(C)C)N(C)C)c1ccc(-c2ccc(-c3cnc(C4C[C@@H](C)[C@H](C)N4C(=C)C(NC)C(C)C)[nH]3)cc2)cc1. The molecule has 1 aromatic heterocycles. The molecule has 5 atom stereocenters. The summed E-state index contributed by atoms with van der Waals surface area (Å²) in [6.07, 6.45) is 5.98. The number of H-pyrrole nitrogens is 1. The lowest BCUT2D eigenvalue weighted by Crippen LogP contribution is -2.42. The number of likely N-dealkylation sites (N-methyl/N-ethyl adjacent to an activating group) is 2. The molecule has 2 heterocycles. The summed E-state index contributed by atoms with van der Waals surface area (Å²) in [6.45, 7) is 22.8. The molecule has 0 spiro atoms. The molecule has 0 aliphatic carbocycles. The highest BCUT2D eigenvalue weighted by molar-refractivity contribution is 5.72. The second-order valence-corrected chi connectivity index (χ2v) is 14.1. The van der Waals surface area contributed by atoms with Crippen molar-refractivity contribution in [3.63, 3.8) is 0 Å². The van der Waals surface area contributed by atoms with Gasteiger partial charge in [0.05, 0.1) is 23.6 Å². The highest BCUT2D eigenvalue weighted by Crippen LogP contribution is 2.42. The molecule has 0 radical (unpaired) electrons. The van der Waals surface area contributed by atoms with Gasteiger partial charge in [-0.25, -0.2) is 4.98 Å². The quantitative estimate of drug-likeness (QED) is 0.151. The number of aliphatic imine (C=N–C) groups is 1. The summed E-state index contributed by atoms with van der Waals surface area (Å²) in [5, 5.41) is 7.10. The molecule has 2 unspecified atom stereocenters. The summed E-state index contributed by atoms with van der Waals surface area (Å²) < 4.78 is 0. The molecule has 3 N–H and O–H groups in total. The fourth-order valence-corrected chi connectivity index (χ4v) is 6.87. The number of imidazole rings is 1. The molecule has 4 rings (SSSR count). The minimum absolute atomic E-state index is 0.187. The molecule has 2 aromatic carbocycles. The first-order valence-corrected chi connectivity index (χ1v) is 16.9. The topological polar surface area (TPSA) is 71.6 Å². The van der Waals surface area contributed by atoms with Crippen LogP contribution in [0.2, 0.25) is 0 Å². The molecule has 1 fully saturated rings. The summed E-state index contributed by atoms with van der Waals surface area (Å²) in [5.74, 6) is 2.66. The van der Waals surface area contributed by atoms with E-state index >= 15 is 0 Å². The number of aromatic nitrogens is 2. The first kappa shape index (κ1) is 35.2. The van der Waals surface area contributed by atoms with Crippen molar-refractivity contribution in [1.29, 1.82) is 0 Å². The van der Waals surface area contributed by atoms with Gasteiger partial charge in [-0.05, 0) is 87.6 Å². The van der Waals surface area contributed by atoms with Crippen molar-refractivity contribution in [2.75, 3.05) is 27.7 Å². The van der Waals surface area contributed by atoms with Gasteiger partial charge in [-0.15, -0.1) is 0 Å². The molecular formula is C39H57N7. The number of likely N-dealkylation sites (tertiary alicyclic amines) is 1. The van der Waals surface area contributed by atoms with Gasteiger partial charge in [-0.2, -0.15) is 0 Å². The Balaban J connectivity index is 1.47. The van der Waals surface area contributed by atoms with Crippen LogP contribution < -0.4 is 10.6 Å². The van der Waals surface area contributed by atoms with E-state index in [4.69, 9.17) is 4.98 Å². The third kappa shape index (κ3) is 8.18. The maximum Gasteiger partial charge on any atom is 0.129 e. The van der Waals surface area contributed by atoms with Crippen molar-refractivity contribution in [2.24, 2.45) is 22.7 Å². The summed E-state index contributed by atoms with van der Waals surface area (Å²) in [4.78, 5) is 17.4. The first-order valence-electron chi connectivity index (χ1n) is 16.9. The molecule has 0 bridgehead atoms. The largest absolute Gasteiger partial charge is 0.382 e. The van der Waals surface area contributed by atoms with Crippen molar-refractivity contribution in [3.05, 3.63) is 84.6 Å². The van der Waals surface area contributed by atoms with E-state index < -0.39 is 0 Å². The molecule has 1 aliphatic heterocycles. The average molecular weight is 624 g/mol.